The molecule has 0 N–H and O–H groups in total. The minimum absolute atomic E-state index is 0. The molecule has 178 valence electrons. The third-order valence-electron chi connectivity index (χ3n) is 5.62. The van der Waals surface area contributed by atoms with Crippen molar-refractivity contribution in [1.29, 1.82) is 10.5 Å². The van der Waals surface area contributed by atoms with Gasteiger partial charge in [0.05, 0.1) is 0 Å². The van der Waals surface area contributed by atoms with Gasteiger partial charge in [0, 0.05) is 39.0 Å². The van der Waals surface area contributed by atoms with Gasteiger partial charge in [-0.2, -0.15) is 55.6 Å². The van der Waals surface area contributed by atoms with Crippen molar-refractivity contribution in [2.24, 2.45) is 0 Å². The van der Waals surface area contributed by atoms with Crippen LogP contribution < -0.4 is 0 Å². The second-order valence-electron chi connectivity index (χ2n) is 6.43. The SMILES string of the molecule is Cc1c(C)c(C)[c-](C)c1C.Cc1c(C)c(C)[c-](C)c1C.N#C[S-].N#C[S-].[CH3-].[CH3-].[Rh].[Rh]. The molecule has 0 aliphatic carbocycles. The maximum absolute atomic E-state index is 7.13. The zero-order chi connectivity index (χ0) is 21.2. The standard InChI is InChI=1S/2C10H15.2CHNS.2CH3.2Rh/c2*1-6-7(2)9(4)10(5)8(6)3;2*2-1-3;;;;/h2*1-5H3;2*3H;2*1H3;;/q2*-1;;;2*-1;;/p-2. The van der Waals surface area contributed by atoms with Gasteiger partial charge in [-0.15, -0.1) is 0 Å². The molecule has 0 saturated carbocycles. The van der Waals surface area contributed by atoms with E-state index in [4.69, 9.17) is 10.5 Å². The summed E-state index contributed by atoms with van der Waals surface area (Å²) < 4.78 is 0. The van der Waals surface area contributed by atoms with Crippen molar-refractivity contribution in [2.45, 2.75) is 69.2 Å². The molecule has 0 unspecified atom stereocenters. The molecule has 0 aliphatic heterocycles. The van der Waals surface area contributed by atoms with Crippen LogP contribution in [0.5, 0.6) is 0 Å². The Hall–Kier alpha value is -0.633. The van der Waals surface area contributed by atoms with Crippen LogP contribution in [-0.4, -0.2) is 0 Å². The van der Waals surface area contributed by atoms with Gasteiger partial charge in [0.25, 0.3) is 0 Å². The zero-order valence-electron chi connectivity index (χ0n) is 20.4. The van der Waals surface area contributed by atoms with Gasteiger partial charge in [0.1, 0.15) is 0 Å². The van der Waals surface area contributed by atoms with Crippen LogP contribution in [0.3, 0.4) is 0 Å². The Morgan fingerprint density at radius 1 is 0.533 bits per heavy atom. The smallest absolute Gasteiger partial charge is 0 e. The molecule has 2 aromatic rings. The zero-order valence-corrected chi connectivity index (χ0v) is 25.3. The fourth-order valence-electron chi connectivity index (χ4n) is 2.81. The molecule has 0 bridgehead atoms. The van der Waals surface area contributed by atoms with E-state index in [9.17, 15) is 0 Å². The molecule has 0 spiro atoms. The quantitative estimate of drug-likeness (QED) is 0.140. The molecule has 0 saturated heterocycles. The van der Waals surface area contributed by atoms with E-state index < -0.39 is 0 Å². The molecule has 2 aromatic carbocycles. The van der Waals surface area contributed by atoms with Crippen molar-refractivity contribution in [1.82, 2.24) is 0 Å². The van der Waals surface area contributed by atoms with Gasteiger partial charge < -0.3 is 40.1 Å². The minimum Gasteiger partial charge on any atom is -0.696 e. The fraction of sp³-hybridized carbons (Fsp3) is 0.417. The Kier molecular flexibility index (Phi) is 31.2. The molecule has 0 atom stereocenters. The van der Waals surface area contributed by atoms with E-state index in [1.54, 1.807) is 0 Å². The van der Waals surface area contributed by atoms with Crippen molar-refractivity contribution in [3.8, 4) is 10.8 Å². The molecule has 6 heteroatoms. The van der Waals surface area contributed by atoms with Crippen LogP contribution >= 0.6 is 0 Å². The molecule has 0 aromatic heterocycles. The average molecular weight is 623 g/mol. The second-order valence-corrected chi connectivity index (χ2v) is 6.80. The molecule has 0 heterocycles. The van der Waals surface area contributed by atoms with Crippen LogP contribution in [0.1, 0.15) is 55.6 Å². The van der Waals surface area contributed by atoms with Crippen LogP contribution in [0.15, 0.2) is 0 Å². The molecule has 0 amide bonds. The number of hydrogen-bond acceptors (Lipinski definition) is 4. The van der Waals surface area contributed by atoms with E-state index in [-0.39, 0.29) is 53.8 Å². The summed E-state index contributed by atoms with van der Waals surface area (Å²) in [5, 5.41) is 16.9. The summed E-state index contributed by atoms with van der Waals surface area (Å²) in [5.74, 6) is 0. The first-order valence-electron chi connectivity index (χ1n) is 8.36. The number of rotatable bonds is 0. The predicted octanol–water partition coefficient (Wildman–Crippen LogP) is 6.82. The van der Waals surface area contributed by atoms with E-state index in [1.165, 1.54) is 66.4 Å². The molecule has 2 nitrogen and oxygen atoms in total. The third kappa shape index (κ3) is 12.3. The van der Waals surface area contributed by atoms with Crippen molar-refractivity contribution >= 4 is 25.3 Å². The van der Waals surface area contributed by atoms with Gasteiger partial charge in [-0.3, -0.25) is 0 Å². The first kappa shape index (κ1) is 43.3. The van der Waals surface area contributed by atoms with Gasteiger partial charge in [0.15, 0.2) is 0 Å². The Balaban J connectivity index is -0.0000000689. The van der Waals surface area contributed by atoms with Crippen molar-refractivity contribution < 1.29 is 39.0 Å². The van der Waals surface area contributed by atoms with E-state index in [2.05, 4.69) is 94.5 Å². The van der Waals surface area contributed by atoms with Gasteiger partial charge in [-0.05, 0) is 0 Å². The number of nitriles is 2. The monoisotopic (exact) mass is 622 g/mol. The Labute approximate surface area is 223 Å². The molecular formula is C24H36N2Rh2S2-6. The van der Waals surface area contributed by atoms with Crippen LogP contribution in [0.4, 0.5) is 0 Å². The van der Waals surface area contributed by atoms with Crippen molar-refractivity contribution in [3.05, 3.63) is 70.5 Å². The predicted molar refractivity (Wildman–Crippen MR) is 130 cm³/mol. The Morgan fingerprint density at radius 2 is 0.633 bits per heavy atom. The molecular weight excluding hydrogens is 586 g/mol. The van der Waals surface area contributed by atoms with Gasteiger partial charge >= 0.3 is 0 Å². The normalized spacial score (nSPS) is 7.47. The van der Waals surface area contributed by atoms with Crippen molar-refractivity contribution in [2.75, 3.05) is 0 Å². The maximum atomic E-state index is 7.13. The summed E-state index contributed by atoms with van der Waals surface area (Å²) in [6.07, 6.45) is 0. The summed E-state index contributed by atoms with van der Waals surface area (Å²) >= 11 is 7.40. The summed E-state index contributed by atoms with van der Waals surface area (Å²) in [6, 6.07) is 0. The number of thiocyanates is 2. The number of hydrogen-bond donors (Lipinski definition) is 0. The topological polar surface area (TPSA) is 47.6 Å². The first-order valence-corrected chi connectivity index (χ1v) is 9.17. The van der Waals surface area contributed by atoms with Gasteiger partial charge in [-0.1, -0.05) is 80.0 Å². The summed E-state index contributed by atoms with van der Waals surface area (Å²) in [7, 11) is 0. The summed E-state index contributed by atoms with van der Waals surface area (Å²) in [6.45, 7) is 22.0. The van der Waals surface area contributed by atoms with E-state index in [0.29, 0.717) is 0 Å². The Morgan fingerprint density at radius 3 is 0.667 bits per heavy atom. The third-order valence-corrected chi connectivity index (χ3v) is 5.62. The molecule has 30 heavy (non-hydrogen) atoms. The minimum atomic E-state index is 0. The van der Waals surface area contributed by atoms with Gasteiger partial charge in [-0.25, -0.2) is 10.5 Å². The Bertz CT molecular complexity index is 576. The van der Waals surface area contributed by atoms with Crippen molar-refractivity contribution in [3.63, 3.8) is 0 Å². The van der Waals surface area contributed by atoms with Crippen LogP contribution in [0.2, 0.25) is 0 Å². The molecule has 2 radical (unpaired) electrons. The first-order chi connectivity index (χ1) is 11.9. The van der Waals surface area contributed by atoms with E-state index in [1.807, 2.05) is 0 Å². The largest absolute Gasteiger partial charge is 0.696 e. The summed E-state index contributed by atoms with van der Waals surface area (Å²) in [4.78, 5) is 0. The molecule has 2 rings (SSSR count). The van der Waals surface area contributed by atoms with Crippen LogP contribution in [0, 0.1) is 105 Å². The maximum Gasteiger partial charge on any atom is 0 e. The number of nitrogens with zero attached hydrogens (tertiary/aromatic N) is 2. The molecule has 0 aliphatic rings. The van der Waals surface area contributed by atoms with E-state index in [0.717, 1.165) is 0 Å². The fourth-order valence-corrected chi connectivity index (χ4v) is 2.81. The van der Waals surface area contributed by atoms with Crippen LogP contribution in [-0.2, 0) is 64.2 Å². The second kappa shape index (κ2) is 21.6. The van der Waals surface area contributed by atoms with E-state index >= 15 is 0 Å². The average Bonchev–Trinajstić information content (AvgIpc) is 2.87. The van der Waals surface area contributed by atoms with Gasteiger partial charge in [0.2, 0.25) is 0 Å². The summed E-state index contributed by atoms with van der Waals surface area (Å²) in [5.41, 5.74) is 14.7. The molecule has 0 fully saturated rings. The van der Waals surface area contributed by atoms with Crippen LogP contribution in [0.25, 0.3) is 0 Å².